The average Bonchev–Trinajstić information content (AvgIpc) is 2.46. The summed E-state index contributed by atoms with van der Waals surface area (Å²) in [4.78, 5) is 23.2. The second-order valence-corrected chi connectivity index (χ2v) is 6.71. The van der Waals surface area contributed by atoms with Crippen LogP contribution in [0.4, 0.5) is 0 Å². The summed E-state index contributed by atoms with van der Waals surface area (Å²) in [6.45, 7) is 4.10. The van der Waals surface area contributed by atoms with E-state index in [1.807, 2.05) is 6.92 Å². The second-order valence-electron chi connectivity index (χ2n) is 4.53. The monoisotopic (exact) mass is 331 g/mol. The molecule has 1 rings (SSSR count). The Balaban J connectivity index is 2.85. The van der Waals surface area contributed by atoms with Gasteiger partial charge in [0.05, 0.1) is 21.4 Å². The van der Waals surface area contributed by atoms with Crippen LogP contribution in [0, 0.1) is 0 Å². The lowest BCUT2D eigenvalue weighted by Gasteiger charge is -2.12. The number of unbranched alkanes of at least 4 members (excludes halogenated alkanes) is 1. The van der Waals surface area contributed by atoms with Crippen LogP contribution < -0.4 is 5.32 Å². The van der Waals surface area contributed by atoms with Crippen LogP contribution in [-0.2, 0) is 15.6 Å². The first-order chi connectivity index (χ1) is 9.88. The summed E-state index contributed by atoms with van der Waals surface area (Å²) < 4.78 is 12.3. The van der Waals surface area contributed by atoms with Crippen molar-refractivity contribution in [1.82, 2.24) is 5.32 Å². The van der Waals surface area contributed by atoms with Gasteiger partial charge in [0.15, 0.2) is 0 Å². The number of carboxylic acids is 1. The maximum Gasteiger partial charge on any atom is 0.337 e. The fraction of sp³-hybridized carbons (Fsp3) is 0.429. The molecule has 0 aliphatic rings. The molecule has 1 amide bonds. The van der Waals surface area contributed by atoms with E-state index in [-0.39, 0.29) is 21.4 Å². The number of carbonyl (C=O) groups excluding carboxylic acids is 1. The lowest BCUT2D eigenvalue weighted by atomic mass is 10.2. The number of halogens is 1. The van der Waals surface area contributed by atoms with Gasteiger partial charge in [-0.25, -0.2) is 4.79 Å². The van der Waals surface area contributed by atoms with E-state index in [1.54, 1.807) is 6.92 Å². The zero-order valence-electron chi connectivity index (χ0n) is 11.9. The van der Waals surface area contributed by atoms with E-state index >= 15 is 0 Å². The van der Waals surface area contributed by atoms with E-state index in [0.717, 1.165) is 12.8 Å². The third-order valence-electron chi connectivity index (χ3n) is 2.92. The lowest BCUT2D eigenvalue weighted by molar-refractivity contribution is -0.120. The molecule has 7 heteroatoms. The van der Waals surface area contributed by atoms with Crippen LogP contribution in [0.5, 0.6) is 0 Å². The van der Waals surface area contributed by atoms with Crippen molar-refractivity contribution in [2.75, 3.05) is 6.54 Å². The Hall–Kier alpha value is -1.40. The van der Waals surface area contributed by atoms with Gasteiger partial charge in [-0.1, -0.05) is 24.9 Å². The number of carbonyl (C=O) groups is 2. The summed E-state index contributed by atoms with van der Waals surface area (Å²) in [5.41, 5.74) is -0.124. The molecule has 1 aromatic rings. The Morgan fingerprint density at radius 3 is 2.67 bits per heavy atom. The SMILES string of the molecule is CCCCNC(=O)C(C)S(=O)c1ccc(Cl)c(C(=O)O)c1. The highest BCUT2D eigenvalue weighted by Crippen LogP contribution is 2.21. The van der Waals surface area contributed by atoms with Gasteiger partial charge in [-0.05, 0) is 31.5 Å². The summed E-state index contributed by atoms with van der Waals surface area (Å²) >= 11 is 5.76. The van der Waals surface area contributed by atoms with Gasteiger partial charge in [-0.2, -0.15) is 0 Å². The van der Waals surface area contributed by atoms with E-state index in [1.165, 1.54) is 18.2 Å². The highest BCUT2D eigenvalue weighted by molar-refractivity contribution is 7.86. The van der Waals surface area contributed by atoms with E-state index in [0.29, 0.717) is 6.54 Å². The Kier molecular flexibility index (Phi) is 6.84. The van der Waals surface area contributed by atoms with Gasteiger partial charge in [-0.15, -0.1) is 0 Å². The zero-order valence-corrected chi connectivity index (χ0v) is 13.5. The fourth-order valence-corrected chi connectivity index (χ4v) is 2.95. The van der Waals surface area contributed by atoms with Gasteiger partial charge in [0.25, 0.3) is 0 Å². The molecule has 0 aliphatic heterocycles. The molecular weight excluding hydrogens is 314 g/mol. The van der Waals surface area contributed by atoms with Crippen molar-refractivity contribution in [3.63, 3.8) is 0 Å². The lowest BCUT2D eigenvalue weighted by Crippen LogP contribution is -2.36. The van der Waals surface area contributed by atoms with Crippen molar-refractivity contribution < 1.29 is 18.9 Å². The molecule has 0 saturated carbocycles. The zero-order chi connectivity index (χ0) is 16.0. The van der Waals surface area contributed by atoms with Crippen LogP contribution in [0.1, 0.15) is 37.0 Å². The minimum absolute atomic E-state index is 0.0725. The van der Waals surface area contributed by atoms with Gasteiger partial charge >= 0.3 is 5.97 Å². The van der Waals surface area contributed by atoms with E-state index in [9.17, 15) is 13.8 Å². The minimum Gasteiger partial charge on any atom is -0.478 e. The van der Waals surface area contributed by atoms with Crippen LogP contribution in [0.3, 0.4) is 0 Å². The fourth-order valence-electron chi connectivity index (χ4n) is 1.63. The number of aromatic carboxylic acids is 1. The molecule has 0 fully saturated rings. The number of rotatable bonds is 7. The molecule has 0 radical (unpaired) electrons. The molecule has 116 valence electrons. The summed E-state index contributed by atoms with van der Waals surface area (Å²) in [6, 6.07) is 4.09. The van der Waals surface area contributed by atoms with E-state index in [4.69, 9.17) is 16.7 Å². The average molecular weight is 332 g/mol. The number of benzene rings is 1. The van der Waals surface area contributed by atoms with Crippen molar-refractivity contribution in [2.45, 2.75) is 36.8 Å². The maximum absolute atomic E-state index is 12.3. The third-order valence-corrected chi connectivity index (χ3v) is 4.82. The molecule has 2 unspecified atom stereocenters. The number of amides is 1. The van der Waals surface area contributed by atoms with Crippen molar-refractivity contribution in [3.8, 4) is 0 Å². The highest BCUT2D eigenvalue weighted by atomic mass is 35.5. The second kappa shape index (κ2) is 8.14. The predicted octanol–water partition coefficient (Wildman–Crippen LogP) is 2.45. The van der Waals surface area contributed by atoms with Crippen molar-refractivity contribution in [2.24, 2.45) is 0 Å². The minimum atomic E-state index is -1.63. The molecular formula is C14H18ClNO4S. The largest absolute Gasteiger partial charge is 0.478 e. The van der Waals surface area contributed by atoms with Gasteiger partial charge in [0, 0.05) is 11.4 Å². The number of carboxylic acid groups (broad SMARTS) is 1. The van der Waals surface area contributed by atoms with Crippen LogP contribution in [0.2, 0.25) is 5.02 Å². The molecule has 5 nitrogen and oxygen atoms in total. The first-order valence-electron chi connectivity index (χ1n) is 6.59. The smallest absolute Gasteiger partial charge is 0.337 e. The van der Waals surface area contributed by atoms with Gasteiger partial charge in [0.1, 0.15) is 5.25 Å². The number of hydrogen-bond donors (Lipinski definition) is 2. The Morgan fingerprint density at radius 1 is 1.43 bits per heavy atom. The molecule has 1 aromatic carbocycles. The van der Waals surface area contributed by atoms with E-state index < -0.39 is 22.0 Å². The summed E-state index contributed by atoms with van der Waals surface area (Å²) in [7, 11) is -1.63. The Labute approximate surface area is 131 Å². The highest BCUT2D eigenvalue weighted by Gasteiger charge is 2.22. The summed E-state index contributed by atoms with van der Waals surface area (Å²) in [5.74, 6) is -1.51. The quantitative estimate of drug-likeness (QED) is 0.752. The van der Waals surface area contributed by atoms with Crippen LogP contribution in [0.15, 0.2) is 23.1 Å². The standard InChI is InChI=1S/C14H18ClNO4S/c1-3-4-7-16-13(17)9(2)21(20)10-5-6-12(15)11(8-10)14(18)19/h5-6,8-9H,3-4,7H2,1-2H3,(H,16,17)(H,18,19). The molecule has 2 N–H and O–H groups in total. The van der Waals surface area contributed by atoms with Crippen molar-refractivity contribution >= 4 is 34.3 Å². The molecule has 0 bridgehead atoms. The van der Waals surface area contributed by atoms with Crippen molar-refractivity contribution in [1.29, 1.82) is 0 Å². The molecule has 0 spiro atoms. The molecule has 2 atom stereocenters. The molecule has 0 saturated heterocycles. The van der Waals surface area contributed by atoms with Crippen LogP contribution in [-0.4, -0.2) is 33.0 Å². The summed E-state index contributed by atoms with van der Waals surface area (Å²) in [5, 5.41) is 11.0. The van der Waals surface area contributed by atoms with Gasteiger partial charge in [0.2, 0.25) is 5.91 Å². The predicted molar refractivity (Wildman–Crippen MR) is 82.2 cm³/mol. The molecule has 0 aromatic heterocycles. The van der Waals surface area contributed by atoms with Crippen LogP contribution >= 0.6 is 11.6 Å². The van der Waals surface area contributed by atoms with Gasteiger partial charge in [-0.3, -0.25) is 9.00 Å². The first-order valence-corrected chi connectivity index (χ1v) is 8.18. The molecule has 21 heavy (non-hydrogen) atoms. The summed E-state index contributed by atoms with van der Waals surface area (Å²) in [6.07, 6.45) is 1.81. The van der Waals surface area contributed by atoms with Crippen molar-refractivity contribution in [3.05, 3.63) is 28.8 Å². The first kappa shape index (κ1) is 17.7. The Bertz CT molecular complexity index is 562. The van der Waals surface area contributed by atoms with Gasteiger partial charge < -0.3 is 10.4 Å². The number of hydrogen-bond acceptors (Lipinski definition) is 3. The van der Waals surface area contributed by atoms with Crippen LogP contribution in [0.25, 0.3) is 0 Å². The third kappa shape index (κ3) is 4.82. The van der Waals surface area contributed by atoms with E-state index in [2.05, 4.69) is 5.32 Å². The molecule has 0 heterocycles. The normalized spacial score (nSPS) is 13.5. The number of nitrogens with one attached hydrogen (secondary N) is 1. The Morgan fingerprint density at radius 2 is 2.10 bits per heavy atom. The maximum atomic E-state index is 12.3. The topological polar surface area (TPSA) is 83.5 Å². The molecule has 0 aliphatic carbocycles.